The van der Waals surface area contributed by atoms with E-state index in [9.17, 15) is 27.2 Å². The molecule has 0 unspecified atom stereocenters. The van der Waals surface area contributed by atoms with Crippen LogP contribution >= 0.6 is 0 Å². The number of carbonyl (C=O) groups excluding carboxylic acids is 3. The number of benzene rings is 2. The minimum absolute atomic E-state index is 0.0416. The van der Waals surface area contributed by atoms with E-state index in [1.165, 1.54) is 42.6 Å². The molecule has 9 nitrogen and oxygen atoms in total. The van der Waals surface area contributed by atoms with Gasteiger partial charge in [0, 0.05) is 62.7 Å². The highest BCUT2D eigenvalue weighted by Crippen LogP contribution is 2.24. The van der Waals surface area contributed by atoms with Crippen molar-refractivity contribution in [2.24, 2.45) is 5.92 Å². The molecule has 2 aromatic carbocycles. The highest BCUT2D eigenvalue weighted by molar-refractivity contribution is 7.90. The first-order chi connectivity index (χ1) is 20.6. The van der Waals surface area contributed by atoms with Gasteiger partial charge in [-0.2, -0.15) is 0 Å². The molecular formula is C32H35FN4O5S. The number of halogens is 1. The largest absolute Gasteiger partial charge is 0.349 e. The third-order valence-electron chi connectivity index (χ3n) is 8.21. The number of nitrogens with zero attached hydrogens (tertiary/aromatic N) is 3. The zero-order valence-corrected chi connectivity index (χ0v) is 24.9. The van der Waals surface area contributed by atoms with Crippen molar-refractivity contribution in [3.05, 3.63) is 95.1 Å². The average molecular weight is 607 g/mol. The Morgan fingerprint density at radius 3 is 2.07 bits per heavy atom. The molecule has 2 aliphatic rings. The fourth-order valence-corrected chi connectivity index (χ4v) is 6.25. The fraction of sp³-hybridized carbons (Fsp3) is 0.375. The molecule has 0 atom stereocenters. The Kier molecular flexibility index (Phi) is 9.31. The molecule has 3 heterocycles. The zero-order chi connectivity index (χ0) is 30.6. The quantitative estimate of drug-likeness (QED) is 0.388. The van der Waals surface area contributed by atoms with Gasteiger partial charge in [-0.25, -0.2) is 12.8 Å². The second-order valence-corrected chi connectivity index (χ2v) is 13.3. The van der Waals surface area contributed by atoms with Gasteiger partial charge in [0.2, 0.25) is 0 Å². The van der Waals surface area contributed by atoms with E-state index in [0.717, 1.165) is 44.3 Å². The Morgan fingerprint density at radius 1 is 0.860 bits per heavy atom. The normalized spacial score (nSPS) is 17.0. The zero-order valence-electron chi connectivity index (χ0n) is 24.0. The number of pyridine rings is 1. The Balaban J connectivity index is 1.07. The van der Waals surface area contributed by atoms with E-state index in [2.05, 4.69) is 15.2 Å². The van der Waals surface area contributed by atoms with Gasteiger partial charge in [0.25, 0.3) is 11.8 Å². The van der Waals surface area contributed by atoms with E-state index < -0.39 is 9.84 Å². The number of aromatic nitrogens is 1. The van der Waals surface area contributed by atoms with Crippen LogP contribution in [0.1, 0.15) is 62.5 Å². The molecule has 226 valence electrons. The summed E-state index contributed by atoms with van der Waals surface area (Å²) < 4.78 is 36.5. The molecule has 1 N–H and O–H groups in total. The van der Waals surface area contributed by atoms with Gasteiger partial charge in [0.1, 0.15) is 11.5 Å². The minimum Gasteiger partial charge on any atom is -0.349 e. The third kappa shape index (κ3) is 7.71. The topological polar surface area (TPSA) is 117 Å². The van der Waals surface area contributed by atoms with Crippen LogP contribution in [0.3, 0.4) is 0 Å². The van der Waals surface area contributed by atoms with Crippen molar-refractivity contribution < 1.29 is 27.2 Å². The smallest absolute Gasteiger partial charge is 0.272 e. The molecule has 43 heavy (non-hydrogen) atoms. The molecule has 3 aromatic rings. The van der Waals surface area contributed by atoms with E-state index in [4.69, 9.17) is 0 Å². The number of rotatable bonds is 8. The fourth-order valence-electron chi connectivity index (χ4n) is 5.62. The molecule has 2 aliphatic heterocycles. The van der Waals surface area contributed by atoms with Gasteiger partial charge in [-0.15, -0.1) is 0 Å². The maximum Gasteiger partial charge on any atom is 0.272 e. The maximum atomic E-state index is 13.1. The van der Waals surface area contributed by atoms with E-state index in [1.54, 1.807) is 29.2 Å². The molecule has 2 amide bonds. The number of carbonyl (C=O) groups is 3. The summed E-state index contributed by atoms with van der Waals surface area (Å²) in [5, 5.41) is 3.07. The van der Waals surface area contributed by atoms with Gasteiger partial charge in [-0.05, 0) is 67.6 Å². The van der Waals surface area contributed by atoms with Crippen molar-refractivity contribution in [1.29, 1.82) is 0 Å². The second kappa shape index (κ2) is 13.1. The van der Waals surface area contributed by atoms with Crippen molar-refractivity contribution in [2.45, 2.75) is 43.2 Å². The number of amides is 2. The maximum absolute atomic E-state index is 13.1. The molecule has 0 aliphatic carbocycles. The first-order valence-corrected chi connectivity index (χ1v) is 16.3. The van der Waals surface area contributed by atoms with Crippen LogP contribution in [0.5, 0.6) is 0 Å². The van der Waals surface area contributed by atoms with Crippen molar-refractivity contribution in [2.75, 3.05) is 32.4 Å². The lowest BCUT2D eigenvalue weighted by Gasteiger charge is -2.32. The van der Waals surface area contributed by atoms with Gasteiger partial charge in [-0.3, -0.25) is 24.3 Å². The number of piperidine rings is 2. The number of nitrogens with one attached hydrogen (secondary N) is 1. The van der Waals surface area contributed by atoms with E-state index >= 15 is 0 Å². The molecule has 2 saturated heterocycles. The summed E-state index contributed by atoms with van der Waals surface area (Å²) >= 11 is 0. The van der Waals surface area contributed by atoms with Gasteiger partial charge >= 0.3 is 0 Å². The number of hydrogen-bond donors (Lipinski definition) is 1. The van der Waals surface area contributed by atoms with Crippen LogP contribution in [0, 0.1) is 11.7 Å². The predicted octanol–water partition coefficient (Wildman–Crippen LogP) is 3.75. The van der Waals surface area contributed by atoms with Gasteiger partial charge in [0.05, 0.1) is 10.5 Å². The minimum atomic E-state index is -3.33. The summed E-state index contributed by atoms with van der Waals surface area (Å²) in [7, 11) is -3.33. The van der Waals surface area contributed by atoms with Crippen molar-refractivity contribution in [1.82, 2.24) is 20.1 Å². The Labute approximate surface area is 251 Å². The number of hydrogen-bond acceptors (Lipinski definition) is 7. The van der Waals surface area contributed by atoms with Crippen LogP contribution in [0.2, 0.25) is 0 Å². The highest BCUT2D eigenvalue weighted by Gasteiger charge is 2.29. The van der Waals surface area contributed by atoms with E-state index in [1.807, 2.05) is 0 Å². The lowest BCUT2D eigenvalue weighted by atomic mass is 9.89. The number of sulfone groups is 1. The second-order valence-electron chi connectivity index (χ2n) is 11.3. The van der Waals surface area contributed by atoms with E-state index in [0.29, 0.717) is 37.1 Å². The molecule has 11 heteroatoms. The first-order valence-electron chi connectivity index (χ1n) is 14.4. The van der Waals surface area contributed by atoms with Crippen molar-refractivity contribution in [3.8, 4) is 0 Å². The van der Waals surface area contributed by atoms with Crippen LogP contribution in [-0.4, -0.2) is 79.3 Å². The van der Waals surface area contributed by atoms with Gasteiger partial charge < -0.3 is 10.2 Å². The summed E-state index contributed by atoms with van der Waals surface area (Å²) in [5.41, 5.74) is 2.15. The third-order valence-corrected chi connectivity index (χ3v) is 9.34. The van der Waals surface area contributed by atoms with Crippen LogP contribution < -0.4 is 5.32 Å². The van der Waals surface area contributed by atoms with Gasteiger partial charge in [-0.1, -0.05) is 24.3 Å². The molecular weight excluding hydrogens is 571 g/mol. The summed E-state index contributed by atoms with van der Waals surface area (Å²) in [4.78, 5) is 47.2. The lowest BCUT2D eigenvalue weighted by molar-refractivity contribution is 0.0645. The lowest BCUT2D eigenvalue weighted by Crippen LogP contribution is -2.44. The number of ketones is 1. The van der Waals surface area contributed by atoms with Crippen molar-refractivity contribution >= 4 is 27.4 Å². The summed E-state index contributed by atoms with van der Waals surface area (Å²) in [6.45, 7) is 3.20. The average Bonchev–Trinajstić information content (AvgIpc) is 3.02. The predicted molar refractivity (Wildman–Crippen MR) is 159 cm³/mol. The Morgan fingerprint density at radius 2 is 1.49 bits per heavy atom. The van der Waals surface area contributed by atoms with Crippen LogP contribution in [-0.2, 0) is 16.4 Å². The Hall–Kier alpha value is -3.96. The van der Waals surface area contributed by atoms with Crippen LogP contribution in [0.25, 0.3) is 0 Å². The number of Topliss-reactive ketones (excluding diaryl/α,β-unsaturated/α-hetero) is 1. The molecule has 0 saturated carbocycles. The Bertz CT molecular complexity index is 1560. The SMILES string of the molecule is CS(=O)(=O)c1ccc(C(=O)C2CCN(C(=O)c3ccc(C(=O)NC4CCN(Cc5ccc(F)cc5)CC4)cn3)CC2)cc1. The molecule has 2 fully saturated rings. The monoisotopic (exact) mass is 606 g/mol. The standard InChI is InChI=1S/C32H35FN4O5S/c1-43(41,42)28-9-4-23(5-10-28)30(38)24-12-18-37(19-13-24)32(40)29-11-6-25(20-34-29)31(39)35-27-14-16-36(17-15-27)21-22-2-7-26(33)8-3-22/h2-11,20,24,27H,12-19,21H2,1H3,(H,35,39). The molecule has 0 bridgehead atoms. The highest BCUT2D eigenvalue weighted by atomic mass is 32.2. The van der Waals surface area contributed by atoms with Crippen LogP contribution in [0.4, 0.5) is 4.39 Å². The van der Waals surface area contributed by atoms with Crippen LogP contribution in [0.15, 0.2) is 71.8 Å². The first kappa shape index (κ1) is 30.5. The molecule has 0 radical (unpaired) electrons. The van der Waals surface area contributed by atoms with E-state index in [-0.39, 0.29) is 46.0 Å². The number of likely N-dealkylation sites (tertiary alicyclic amines) is 2. The molecule has 1 aromatic heterocycles. The molecule has 5 rings (SSSR count). The van der Waals surface area contributed by atoms with Crippen molar-refractivity contribution in [3.63, 3.8) is 0 Å². The summed E-state index contributed by atoms with van der Waals surface area (Å²) in [6.07, 6.45) is 5.16. The summed E-state index contributed by atoms with van der Waals surface area (Å²) in [6, 6.07) is 15.7. The van der Waals surface area contributed by atoms with Gasteiger partial charge in [0.15, 0.2) is 15.6 Å². The summed E-state index contributed by atoms with van der Waals surface area (Å²) in [5.74, 6) is -1.03. The molecule has 0 spiro atoms.